The summed E-state index contributed by atoms with van der Waals surface area (Å²) in [5.41, 5.74) is 5.61. The highest BCUT2D eigenvalue weighted by atomic mass is 19.1. The van der Waals surface area contributed by atoms with E-state index in [0.717, 1.165) is 19.4 Å². The summed E-state index contributed by atoms with van der Waals surface area (Å²) in [6, 6.07) is 11.4. The molecule has 158 valence electrons. The minimum absolute atomic E-state index is 0.195. The number of carbonyl (C=O) groups is 1. The van der Waals surface area contributed by atoms with E-state index in [0.29, 0.717) is 29.9 Å². The van der Waals surface area contributed by atoms with Gasteiger partial charge < -0.3 is 9.64 Å². The van der Waals surface area contributed by atoms with Gasteiger partial charge in [0, 0.05) is 24.1 Å². The van der Waals surface area contributed by atoms with Gasteiger partial charge in [0.25, 0.3) is 0 Å². The molecule has 2 aromatic carbocycles. The molecule has 0 radical (unpaired) electrons. The molecule has 2 aromatic rings. The van der Waals surface area contributed by atoms with Crippen LogP contribution in [0.3, 0.4) is 0 Å². The van der Waals surface area contributed by atoms with E-state index in [-0.39, 0.29) is 23.7 Å². The van der Waals surface area contributed by atoms with Crippen LogP contribution >= 0.6 is 0 Å². The second-order valence-corrected chi connectivity index (χ2v) is 9.18. The number of hydrogen-bond acceptors (Lipinski definition) is 3. The van der Waals surface area contributed by atoms with Crippen LogP contribution in [0.5, 0.6) is 0 Å². The van der Waals surface area contributed by atoms with Crippen LogP contribution in [0.25, 0.3) is 0 Å². The SMILES string of the molecule is CCOC(=O)c1cc2c3c(c1)[C@@H]1C=CC[C@@H]1[C@H](c1ccc(F)cc1)N3C[C@H]1CC=C[C@H]21. The molecule has 4 aliphatic rings. The van der Waals surface area contributed by atoms with Gasteiger partial charge in [-0.3, -0.25) is 0 Å². The Kier molecular flexibility index (Phi) is 4.31. The van der Waals surface area contributed by atoms with Crippen LogP contribution in [0.2, 0.25) is 0 Å². The van der Waals surface area contributed by atoms with Gasteiger partial charge in [-0.2, -0.15) is 0 Å². The molecule has 0 N–H and O–H groups in total. The number of esters is 1. The number of hydrogen-bond donors (Lipinski definition) is 0. The van der Waals surface area contributed by atoms with E-state index in [1.807, 2.05) is 19.1 Å². The lowest BCUT2D eigenvalue weighted by molar-refractivity contribution is 0.0526. The maximum absolute atomic E-state index is 13.7. The maximum Gasteiger partial charge on any atom is 0.338 e. The van der Waals surface area contributed by atoms with E-state index in [2.05, 4.69) is 41.3 Å². The number of fused-ring (bicyclic) bond motifs is 4. The summed E-state index contributed by atoms with van der Waals surface area (Å²) in [5.74, 6) is 1.06. The lowest BCUT2D eigenvalue weighted by atomic mass is 9.70. The molecule has 0 spiro atoms. The van der Waals surface area contributed by atoms with Crippen molar-refractivity contribution < 1.29 is 13.9 Å². The third kappa shape index (κ3) is 2.80. The van der Waals surface area contributed by atoms with Gasteiger partial charge in [0.05, 0.1) is 18.2 Å². The highest BCUT2D eigenvalue weighted by Crippen LogP contribution is 2.58. The number of benzene rings is 2. The normalized spacial score (nSPS) is 29.5. The van der Waals surface area contributed by atoms with Crippen molar-refractivity contribution >= 4 is 11.7 Å². The molecule has 3 nitrogen and oxygen atoms in total. The quantitative estimate of drug-likeness (QED) is 0.462. The fourth-order valence-corrected chi connectivity index (χ4v) is 6.35. The molecule has 0 saturated heterocycles. The molecule has 2 heterocycles. The predicted molar refractivity (Wildman–Crippen MR) is 119 cm³/mol. The summed E-state index contributed by atoms with van der Waals surface area (Å²) in [5, 5.41) is 0. The van der Waals surface area contributed by atoms with Crippen molar-refractivity contribution in [3.8, 4) is 0 Å². The van der Waals surface area contributed by atoms with Gasteiger partial charge in [0.2, 0.25) is 0 Å². The van der Waals surface area contributed by atoms with Gasteiger partial charge in [-0.1, -0.05) is 36.4 Å². The Balaban J connectivity index is 1.56. The zero-order valence-corrected chi connectivity index (χ0v) is 17.6. The third-order valence-electron chi connectivity index (χ3n) is 7.57. The Hall–Kier alpha value is -2.88. The van der Waals surface area contributed by atoms with E-state index in [4.69, 9.17) is 4.74 Å². The highest BCUT2D eigenvalue weighted by molar-refractivity contribution is 5.92. The van der Waals surface area contributed by atoms with Crippen LogP contribution in [0.15, 0.2) is 60.7 Å². The molecule has 0 aromatic heterocycles. The number of nitrogens with zero attached hydrogens (tertiary/aromatic N) is 1. The summed E-state index contributed by atoms with van der Waals surface area (Å²) >= 11 is 0. The fourth-order valence-electron chi connectivity index (χ4n) is 6.35. The van der Waals surface area contributed by atoms with Crippen molar-refractivity contribution in [2.24, 2.45) is 11.8 Å². The van der Waals surface area contributed by atoms with Crippen LogP contribution in [-0.4, -0.2) is 19.1 Å². The molecule has 6 rings (SSSR count). The number of allylic oxidation sites excluding steroid dienone is 4. The lowest BCUT2D eigenvalue weighted by Crippen LogP contribution is -2.46. The first-order valence-corrected chi connectivity index (χ1v) is 11.4. The zero-order chi connectivity index (χ0) is 21.1. The average Bonchev–Trinajstić information content (AvgIpc) is 3.44. The second kappa shape index (κ2) is 7.08. The van der Waals surface area contributed by atoms with Crippen molar-refractivity contribution in [3.63, 3.8) is 0 Å². The highest BCUT2D eigenvalue weighted by Gasteiger charge is 2.48. The van der Waals surface area contributed by atoms with Crippen LogP contribution in [0.4, 0.5) is 10.1 Å². The van der Waals surface area contributed by atoms with Crippen molar-refractivity contribution in [2.45, 2.75) is 37.6 Å². The Labute approximate surface area is 182 Å². The largest absolute Gasteiger partial charge is 0.462 e. The Bertz CT molecular complexity index is 1090. The molecule has 0 saturated carbocycles. The first kappa shape index (κ1) is 18.9. The number of carbonyl (C=O) groups excluding carboxylic acids is 1. The Morgan fingerprint density at radius 1 is 1.06 bits per heavy atom. The molecule has 0 fully saturated rings. The molecule has 2 aliphatic heterocycles. The first-order chi connectivity index (χ1) is 15.2. The summed E-state index contributed by atoms with van der Waals surface area (Å²) in [4.78, 5) is 15.3. The number of ether oxygens (including phenoxy) is 1. The third-order valence-corrected chi connectivity index (χ3v) is 7.57. The van der Waals surface area contributed by atoms with Crippen molar-refractivity contribution in [2.75, 3.05) is 18.1 Å². The number of rotatable bonds is 3. The van der Waals surface area contributed by atoms with Gasteiger partial charge in [-0.15, -0.1) is 0 Å². The summed E-state index contributed by atoms with van der Waals surface area (Å²) in [6.45, 7) is 3.21. The van der Waals surface area contributed by atoms with Crippen molar-refractivity contribution in [1.82, 2.24) is 0 Å². The van der Waals surface area contributed by atoms with E-state index in [9.17, 15) is 9.18 Å². The monoisotopic (exact) mass is 415 g/mol. The van der Waals surface area contributed by atoms with Crippen LogP contribution in [-0.2, 0) is 4.74 Å². The zero-order valence-electron chi connectivity index (χ0n) is 17.6. The summed E-state index contributed by atoms with van der Waals surface area (Å²) in [7, 11) is 0. The van der Waals surface area contributed by atoms with E-state index < -0.39 is 0 Å². The van der Waals surface area contributed by atoms with Crippen LogP contribution < -0.4 is 4.90 Å². The molecule has 0 amide bonds. The van der Waals surface area contributed by atoms with Crippen LogP contribution in [0.1, 0.15) is 64.7 Å². The van der Waals surface area contributed by atoms with Crippen molar-refractivity contribution in [3.05, 3.63) is 88.8 Å². The van der Waals surface area contributed by atoms with Gasteiger partial charge in [-0.25, -0.2) is 9.18 Å². The molecule has 2 aliphatic carbocycles. The van der Waals surface area contributed by atoms with Gasteiger partial charge >= 0.3 is 5.97 Å². The predicted octanol–water partition coefficient (Wildman–Crippen LogP) is 5.90. The maximum atomic E-state index is 13.7. The van der Waals surface area contributed by atoms with Gasteiger partial charge in [0.1, 0.15) is 5.82 Å². The topological polar surface area (TPSA) is 29.5 Å². The molecule has 31 heavy (non-hydrogen) atoms. The average molecular weight is 416 g/mol. The minimum atomic E-state index is -0.239. The smallest absolute Gasteiger partial charge is 0.338 e. The Morgan fingerprint density at radius 3 is 2.55 bits per heavy atom. The molecular weight excluding hydrogens is 389 g/mol. The Morgan fingerprint density at radius 2 is 1.77 bits per heavy atom. The standard InChI is InChI=1S/C27H26FNO2/c1-2-31-27(30)18-13-23-20-6-3-5-17(20)15-29-25(16-9-11-19(28)12-10-16)22-8-4-7-21(22)24(14-18)26(23)29/h3-4,6-7,9-14,17,20-22,25H,2,5,8,15H2,1H3/t17-,20+,21-,22+,25+/m1/s1. The molecule has 5 atom stereocenters. The van der Waals surface area contributed by atoms with Gasteiger partial charge in [0.15, 0.2) is 0 Å². The fraction of sp³-hybridized carbons (Fsp3) is 0.370. The molecule has 0 bridgehead atoms. The van der Waals surface area contributed by atoms with Crippen LogP contribution in [0, 0.1) is 17.7 Å². The molecule has 4 heteroatoms. The minimum Gasteiger partial charge on any atom is -0.462 e. The van der Waals surface area contributed by atoms with Crippen molar-refractivity contribution in [1.29, 1.82) is 0 Å². The second-order valence-electron chi connectivity index (χ2n) is 9.18. The van der Waals surface area contributed by atoms with Gasteiger partial charge in [-0.05, 0) is 72.6 Å². The van der Waals surface area contributed by atoms with E-state index in [1.165, 1.54) is 22.4 Å². The van der Waals surface area contributed by atoms with E-state index in [1.54, 1.807) is 12.1 Å². The molecular formula is C27H26FNO2. The van der Waals surface area contributed by atoms with E-state index >= 15 is 0 Å². The number of anilines is 1. The molecule has 0 unspecified atom stereocenters. The first-order valence-electron chi connectivity index (χ1n) is 11.4. The summed E-state index contributed by atoms with van der Waals surface area (Å²) in [6.07, 6.45) is 11.2. The lowest BCUT2D eigenvalue weighted by Gasteiger charge is -2.51. The summed E-state index contributed by atoms with van der Waals surface area (Å²) < 4.78 is 19.1. The number of halogens is 1.